The summed E-state index contributed by atoms with van der Waals surface area (Å²) >= 11 is 0. The molecule has 1 aromatic carbocycles. The molecule has 0 aromatic heterocycles. The Labute approximate surface area is 92.0 Å². The maximum atomic E-state index is 11.3. The van der Waals surface area contributed by atoms with Gasteiger partial charge in [0.1, 0.15) is 6.26 Å². The number of azide groups is 1. The third-order valence-electron chi connectivity index (χ3n) is 1.56. The highest BCUT2D eigenvalue weighted by Crippen LogP contribution is 2.16. The second-order valence-electron chi connectivity index (χ2n) is 2.56. The van der Waals surface area contributed by atoms with Crippen molar-refractivity contribution in [1.29, 1.82) is 0 Å². The molecule has 0 aliphatic heterocycles. The minimum Gasteiger partial charge on any atom is -0.391 e. The first-order valence-corrected chi connectivity index (χ1v) is 5.48. The molecule has 0 amide bonds. The van der Waals surface area contributed by atoms with Gasteiger partial charge in [0.25, 0.3) is 10.0 Å². The quantitative estimate of drug-likeness (QED) is 0.280. The predicted molar refractivity (Wildman–Crippen MR) is 57.7 cm³/mol. The summed E-state index contributed by atoms with van der Waals surface area (Å²) in [6.45, 7) is 3.32. The van der Waals surface area contributed by atoms with Crippen LogP contribution >= 0.6 is 0 Å². The van der Waals surface area contributed by atoms with E-state index in [0.717, 1.165) is 0 Å². The third-order valence-corrected chi connectivity index (χ3v) is 2.71. The molecule has 1 rings (SSSR count). The zero-order valence-corrected chi connectivity index (χ0v) is 8.88. The monoisotopic (exact) mass is 240 g/mol. The van der Waals surface area contributed by atoms with Crippen LogP contribution in [0.2, 0.25) is 0 Å². The van der Waals surface area contributed by atoms with Crippen molar-refractivity contribution in [2.75, 3.05) is 5.48 Å². The predicted octanol–water partition coefficient (Wildman–Crippen LogP) is 2.17. The van der Waals surface area contributed by atoms with E-state index in [1.165, 1.54) is 30.5 Å². The lowest BCUT2D eigenvalue weighted by Crippen LogP contribution is -1.97. The van der Waals surface area contributed by atoms with Crippen molar-refractivity contribution < 1.29 is 13.3 Å². The van der Waals surface area contributed by atoms with E-state index >= 15 is 0 Å². The lowest BCUT2D eigenvalue weighted by atomic mass is 10.3. The van der Waals surface area contributed by atoms with Crippen LogP contribution in [0, 0.1) is 0 Å². The van der Waals surface area contributed by atoms with Crippen molar-refractivity contribution >= 4 is 15.7 Å². The van der Waals surface area contributed by atoms with E-state index in [4.69, 9.17) is 5.53 Å². The number of nitrogens with zero attached hydrogens (tertiary/aromatic N) is 3. The highest BCUT2D eigenvalue weighted by atomic mass is 32.2. The zero-order valence-electron chi connectivity index (χ0n) is 8.07. The first-order chi connectivity index (χ1) is 7.60. The van der Waals surface area contributed by atoms with Gasteiger partial charge < -0.3 is 4.84 Å². The maximum Gasteiger partial charge on any atom is 0.264 e. The van der Waals surface area contributed by atoms with Gasteiger partial charge in [-0.15, -0.1) is 0 Å². The van der Waals surface area contributed by atoms with Crippen LogP contribution in [-0.4, -0.2) is 8.42 Å². The molecule has 0 spiro atoms. The Hall–Kier alpha value is -2.18. The summed E-state index contributed by atoms with van der Waals surface area (Å²) in [5.41, 5.74) is 11.1. The first-order valence-electron chi connectivity index (χ1n) is 4.04. The van der Waals surface area contributed by atoms with Gasteiger partial charge in [-0.1, -0.05) is 6.58 Å². The van der Waals surface area contributed by atoms with E-state index in [2.05, 4.69) is 26.3 Å². The van der Waals surface area contributed by atoms with E-state index in [0.29, 0.717) is 5.69 Å². The molecular formula is C8H8N4O3S. The molecule has 0 fully saturated rings. The topological polar surface area (TPSA) is 104 Å². The second kappa shape index (κ2) is 5.06. The van der Waals surface area contributed by atoms with E-state index in [-0.39, 0.29) is 4.90 Å². The highest BCUT2D eigenvalue weighted by Gasteiger charge is 2.10. The molecule has 0 heterocycles. The molecule has 8 heteroatoms. The average Bonchev–Trinajstić information content (AvgIpc) is 2.27. The molecule has 0 radical (unpaired) electrons. The van der Waals surface area contributed by atoms with Crippen LogP contribution in [0.1, 0.15) is 0 Å². The molecule has 0 saturated heterocycles. The lowest BCUT2D eigenvalue weighted by molar-refractivity contribution is 0.331. The van der Waals surface area contributed by atoms with Crippen molar-refractivity contribution in [3.05, 3.63) is 47.5 Å². The van der Waals surface area contributed by atoms with Crippen molar-refractivity contribution in [1.82, 2.24) is 0 Å². The Morgan fingerprint density at radius 1 is 1.44 bits per heavy atom. The molecule has 0 bridgehead atoms. The van der Waals surface area contributed by atoms with Crippen molar-refractivity contribution in [2.45, 2.75) is 4.90 Å². The van der Waals surface area contributed by atoms with Gasteiger partial charge in [0.15, 0.2) is 0 Å². The van der Waals surface area contributed by atoms with Crippen molar-refractivity contribution in [3.8, 4) is 0 Å². The summed E-state index contributed by atoms with van der Waals surface area (Å²) in [7, 11) is -3.93. The standard InChI is InChI=1S/C8H8N4O3S/c1-2-15-10-7-3-5-8(6-4-7)16(13,14)12-11-9/h2-6,10H,1H2. The van der Waals surface area contributed by atoms with E-state index in [1.807, 2.05) is 0 Å². The van der Waals surface area contributed by atoms with E-state index < -0.39 is 10.0 Å². The number of nitrogens with one attached hydrogen (secondary N) is 1. The number of sulfonamides is 1. The molecule has 84 valence electrons. The van der Waals surface area contributed by atoms with Gasteiger partial charge in [0.05, 0.1) is 10.6 Å². The molecule has 7 nitrogen and oxygen atoms in total. The molecule has 0 aliphatic rings. The van der Waals surface area contributed by atoms with Crippen LogP contribution in [0.4, 0.5) is 5.69 Å². The summed E-state index contributed by atoms with van der Waals surface area (Å²) in [6.07, 6.45) is 1.19. The van der Waals surface area contributed by atoms with Crippen LogP contribution < -0.4 is 5.48 Å². The van der Waals surface area contributed by atoms with Crippen molar-refractivity contribution in [2.24, 2.45) is 4.52 Å². The van der Waals surface area contributed by atoms with Crippen LogP contribution in [-0.2, 0) is 14.9 Å². The fraction of sp³-hybridized carbons (Fsp3) is 0. The molecular weight excluding hydrogens is 232 g/mol. The van der Waals surface area contributed by atoms with E-state index in [9.17, 15) is 8.42 Å². The lowest BCUT2D eigenvalue weighted by Gasteiger charge is -2.04. The fourth-order valence-electron chi connectivity index (χ4n) is 0.900. The van der Waals surface area contributed by atoms with Gasteiger partial charge in [-0.05, 0) is 29.8 Å². The summed E-state index contributed by atoms with van der Waals surface area (Å²) < 4.78 is 25.2. The highest BCUT2D eigenvalue weighted by molar-refractivity contribution is 7.90. The number of anilines is 1. The minimum absolute atomic E-state index is 0.0885. The van der Waals surface area contributed by atoms with Gasteiger partial charge >= 0.3 is 0 Å². The van der Waals surface area contributed by atoms with Gasteiger partial charge in [0.2, 0.25) is 0 Å². The van der Waals surface area contributed by atoms with Crippen LogP contribution in [0.3, 0.4) is 0 Å². The summed E-state index contributed by atoms with van der Waals surface area (Å²) in [6, 6.07) is 5.50. The Bertz CT molecular complexity index is 517. The Morgan fingerprint density at radius 2 is 2.06 bits per heavy atom. The minimum atomic E-state index is -3.93. The van der Waals surface area contributed by atoms with Gasteiger partial charge in [-0.3, -0.25) is 0 Å². The maximum absolute atomic E-state index is 11.3. The van der Waals surface area contributed by atoms with Crippen LogP contribution in [0.15, 0.2) is 46.5 Å². The molecule has 1 aromatic rings. The number of hydrogen-bond acceptors (Lipinski definition) is 4. The Morgan fingerprint density at radius 3 is 2.56 bits per heavy atom. The number of rotatable bonds is 5. The smallest absolute Gasteiger partial charge is 0.264 e. The third kappa shape index (κ3) is 2.91. The van der Waals surface area contributed by atoms with Crippen LogP contribution in [0.5, 0.6) is 0 Å². The van der Waals surface area contributed by atoms with Crippen molar-refractivity contribution in [3.63, 3.8) is 0 Å². The van der Waals surface area contributed by atoms with E-state index in [1.54, 1.807) is 0 Å². The van der Waals surface area contributed by atoms with Crippen LogP contribution in [0.25, 0.3) is 10.4 Å². The zero-order chi connectivity index (χ0) is 12.0. The van der Waals surface area contributed by atoms with Gasteiger partial charge in [0, 0.05) is 9.43 Å². The SMILES string of the molecule is C=CONc1ccc(S(=O)(=O)N=[N+]=[N-])cc1. The molecule has 0 unspecified atom stereocenters. The Balaban J connectivity index is 2.95. The Kier molecular flexibility index (Phi) is 3.76. The van der Waals surface area contributed by atoms with Gasteiger partial charge in [-0.25, -0.2) is 13.9 Å². The molecule has 16 heavy (non-hydrogen) atoms. The molecule has 1 N–H and O–H groups in total. The fourth-order valence-corrected chi connectivity index (χ4v) is 1.57. The number of hydrogen-bond donors (Lipinski definition) is 1. The summed E-state index contributed by atoms with van der Waals surface area (Å²) in [5, 5.41) is 0. The normalized spacial score (nSPS) is 10.0. The molecule has 0 saturated carbocycles. The average molecular weight is 240 g/mol. The summed E-state index contributed by atoms with van der Waals surface area (Å²) in [4.78, 5) is 6.83. The summed E-state index contributed by atoms with van der Waals surface area (Å²) in [5.74, 6) is 0. The number of benzene rings is 1. The van der Waals surface area contributed by atoms with Gasteiger partial charge in [-0.2, -0.15) is 0 Å². The second-order valence-corrected chi connectivity index (χ2v) is 4.14. The molecule has 0 atom stereocenters. The first kappa shape index (κ1) is 11.9. The largest absolute Gasteiger partial charge is 0.391 e. The molecule has 0 aliphatic carbocycles.